The van der Waals surface area contributed by atoms with Crippen LogP contribution in [0, 0.1) is 5.41 Å². The molecule has 0 bridgehead atoms. The number of amidine groups is 1. The zero-order chi connectivity index (χ0) is 10.4. The number of rotatable bonds is 5. The average molecular weight is 231 g/mol. The smallest absolute Gasteiger partial charge is 0.145 e. The molecule has 0 aromatic heterocycles. The van der Waals surface area contributed by atoms with Gasteiger partial charge in [0.1, 0.15) is 23.9 Å². The number of nitrogens with two attached hydrogens (primary N) is 1. The summed E-state index contributed by atoms with van der Waals surface area (Å²) < 4.78 is 10.5. The van der Waals surface area contributed by atoms with Crippen molar-refractivity contribution in [1.82, 2.24) is 0 Å². The van der Waals surface area contributed by atoms with E-state index in [1.807, 2.05) is 19.1 Å². The molecule has 0 aliphatic carbocycles. The summed E-state index contributed by atoms with van der Waals surface area (Å²) in [7, 11) is 0. The van der Waals surface area contributed by atoms with Gasteiger partial charge in [0.15, 0.2) is 0 Å². The van der Waals surface area contributed by atoms with Gasteiger partial charge in [0, 0.05) is 0 Å². The quantitative estimate of drug-likeness (QED) is 0.599. The third-order valence-corrected chi connectivity index (χ3v) is 1.53. The Kier molecular flexibility index (Phi) is 6.29. The summed E-state index contributed by atoms with van der Waals surface area (Å²) in [5, 5.41) is 6.98. The van der Waals surface area contributed by atoms with Crippen LogP contribution in [-0.4, -0.2) is 19.0 Å². The van der Waals surface area contributed by atoms with Gasteiger partial charge in [-0.15, -0.1) is 12.4 Å². The van der Waals surface area contributed by atoms with Crippen molar-refractivity contribution in [2.45, 2.75) is 6.92 Å². The highest BCUT2D eigenvalue weighted by Gasteiger charge is 1.96. The number of hydrogen-bond donors (Lipinski definition) is 2. The third-order valence-electron chi connectivity index (χ3n) is 1.53. The minimum absolute atomic E-state index is 0. The average Bonchev–Trinajstić information content (AvgIpc) is 2.17. The topological polar surface area (TPSA) is 68.3 Å². The highest BCUT2D eigenvalue weighted by atomic mass is 35.5. The summed E-state index contributed by atoms with van der Waals surface area (Å²) in [4.78, 5) is 0. The van der Waals surface area contributed by atoms with E-state index in [1.54, 1.807) is 12.1 Å². The summed E-state index contributed by atoms with van der Waals surface area (Å²) in [6.45, 7) is 2.70. The Balaban J connectivity index is 0.00000196. The Labute approximate surface area is 95.3 Å². The fourth-order valence-corrected chi connectivity index (χ4v) is 0.960. The predicted molar refractivity (Wildman–Crippen MR) is 62.3 cm³/mol. The highest BCUT2D eigenvalue weighted by molar-refractivity contribution is 5.85. The van der Waals surface area contributed by atoms with E-state index in [0.717, 1.165) is 5.75 Å². The Bertz CT molecular complexity index is 301. The standard InChI is InChI=1S/C10H14N2O2.ClH/c1-2-13-8-3-5-9(6-4-8)14-7-10(11)12;/h3-6H,2,7H2,1H3,(H3,11,12);1H. The SMILES string of the molecule is CCOc1ccc(OCC(=N)N)cc1.Cl. The van der Waals surface area contributed by atoms with Crippen molar-refractivity contribution in [2.24, 2.45) is 5.73 Å². The lowest BCUT2D eigenvalue weighted by Gasteiger charge is -2.06. The normalized spacial score (nSPS) is 8.87. The van der Waals surface area contributed by atoms with Gasteiger partial charge in [-0.2, -0.15) is 0 Å². The van der Waals surface area contributed by atoms with Gasteiger partial charge >= 0.3 is 0 Å². The first-order chi connectivity index (χ1) is 6.72. The molecular formula is C10H15ClN2O2. The molecule has 1 aromatic carbocycles. The van der Waals surface area contributed by atoms with Crippen LogP contribution in [0.5, 0.6) is 11.5 Å². The van der Waals surface area contributed by atoms with Crippen molar-refractivity contribution in [3.63, 3.8) is 0 Å². The van der Waals surface area contributed by atoms with E-state index >= 15 is 0 Å². The van der Waals surface area contributed by atoms with E-state index in [1.165, 1.54) is 0 Å². The summed E-state index contributed by atoms with van der Waals surface area (Å²) in [5.74, 6) is 1.50. The van der Waals surface area contributed by atoms with Crippen LogP contribution in [-0.2, 0) is 0 Å². The van der Waals surface area contributed by atoms with Crippen LogP contribution in [0.15, 0.2) is 24.3 Å². The molecule has 1 aromatic rings. The molecule has 0 heterocycles. The molecular weight excluding hydrogens is 216 g/mol. The Morgan fingerprint density at radius 2 is 1.67 bits per heavy atom. The van der Waals surface area contributed by atoms with Gasteiger partial charge in [0.05, 0.1) is 6.61 Å². The van der Waals surface area contributed by atoms with Crippen LogP contribution < -0.4 is 15.2 Å². The van der Waals surface area contributed by atoms with Gasteiger partial charge in [-0.3, -0.25) is 5.41 Å². The van der Waals surface area contributed by atoms with Gasteiger partial charge in [0.25, 0.3) is 0 Å². The van der Waals surface area contributed by atoms with Gasteiger partial charge in [-0.05, 0) is 31.2 Å². The second kappa shape index (κ2) is 6.95. The lowest BCUT2D eigenvalue weighted by Crippen LogP contribution is -2.19. The summed E-state index contributed by atoms with van der Waals surface area (Å²) in [6, 6.07) is 7.21. The van der Waals surface area contributed by atoms with E-state index in [4.69, 9.17) is 20.6 Å². The first-order valence-electron chi connectivity index (χ1n) is 4.41. The fourth-order valence-electron chi connectivity index (χ4n) is 0.960. The first-order valence-corrected chi connectivity index (χ1v) is 4.41. The number of benzene rings is 1. The summed E-state index contributed by atoms with van der Waals surface area (Å²) in [5.41, 5.74) is 5.15. The molecule has 0 unspecified atom stereocenters. The summed E-state index contributed by atoms with van der Waals surface area (Å²) in [6.07, 6.45) is 0. The third kappa shape index (κ3) is 5.12. The lowest BCUT2D eigenvalue weighted by molar-refractivity contribution is 0.337. The van der Waals surface area contributed by atoms with Gasteiger partial charge in [0.2, 0.25) is 0 Å². The number of nitrogens with one attached hydrogen (secondary N) is 1. The Hall–Kier alpha value is -1.42. The highest BCUT2D eigenvalue weighted by Crippen LogP contribution is 2.17. The molecule has 0 amide bonds. The first kappa shape index (κ1) is 13.6. The molecule has 0 aliphatic rings. The van der Waals surface area contributed by atoms with Crippen molar-refractivity contribution >= 4 is 18.2 Å². The Morgan fingerprint density at radius 3 is 2.07 bits per heavy atom. The maximum atomic E-state index is 6.98. The molecule has 0 atom stereocenters. The molecule has 84 valence electrons. The van der Waals surface area contributed by atoms with E-state index < -0.39 is 0 Å². The van der Waals surface area contributed by atoms with Crippen LogP contribution in [0.25, 0.3) is 0 Å². The van der Waals surface area contributed by atoms with Crippen molar-refractivity contribution in [3.8, 4) is 11.5 Å². The van der Waals surface area contributed by atoms with E-state index in [-0.39, 0.29) is 24.8 Å². The van der Waals surface area contributed by atoms with Crippen molar-refractivity contribution in [3.05, 3.63) is 24.3 Å². The Morgan fingerprint density at radius 1 is 1.20 bits per heavy atom. The molecule has 1 rings (SSSR count). The van der Waals surface area contributed by atoms with E-state index in [0.29, 0.717) is 12.4 Å². The molecule has 15 heavy (non-hydrogen) atoms. The predicted octanol–water partition coefficient (Wildman–Crippen LogP) is 1.82. The summed E-state index contributed by atoms with van der Waals surface area (Å²) >= 11 is 0. The molecule has 5 heteroatoms. The van der Waals surface area contributed by atoms with Crippen LogP contribution in [0.3, 0.4) is 0 Å². The largest absolute Gasteiger partial charge is 0.494 e. The maximum absolute atomic E-state index is 6.98. The fraction of sp³-hybridized carbons (Fsp3) is 0.300. The second-order valence-corrected chi connectivity index (χ2v) is 2.72. The monoisotopic (exact) mass is 230 g/mol. The number of hydrogen-bond acceptors (Lipinski definition) is 3. The molecule has 0 aliphatic heterocycles. The van der Waals surface area contributed by atoms with Crippen molar-refractivity contribution < 1.29 is 9.47 Å². The zero-order valence-corrected chi connectivity index (χ0v) is 9.34. The van der Waals surface area contributed by atoms with Crippen LogP contribution in [0.1, 0.15) is 6.92 Å². The minimum atomic E-state index is 0. The second-order valence-electron chi connectivity index (χ2n) is 2.72. The van der Waals surface area contributed by atoms with Crippen LogP contribution in [0.2, 0.25) is 0 Å². The zero-order valence-electron chi connectivity index (χ0n) is 8.53. The van der Waals surface area contributed by atoms with Crippen molar-refractivity contribution in [1.29, 1.82) is 5.41 Å². The van der Waals surface area contributed by atoms with Gasteiger partial charge < -0.3 is 15.2 Å². The number of halogens is 1. The molecule has 4 nitrogen and oxygen atoms in total. The lowest BCUT2D eigenvalue weighted by atomic mass is 10.3. The molecule has 3 N–H and O–H groups in total. The molecule has 0 radical (unpaired) electrons. The van der Waals surface area contributed by atoms with Gasteiger partial charge in [-0.1, -0.05) is 0 Å². The van der Waals surface area contributed by atoms with Crippen LogP contribution >= 0.6 is 12.4 Å². The van der Waals surface area contributed by atoms with E-state index in [2.05, 4.69) is 0 Å². The molecule has 0 fully saturated rings. The van der Waals surface area contributed by atoms with Crippen molar-refractivity contribution in [2.75, 3.05) is 13.2 Å². The molecule has 0 saturated carbocycles. The van der Waals surface area contributed by atoms with Gasteiger partial charge in [-0.25, -0.2) is 0 Å². The number of ether oxygens (including phenoxy) is 2. The minimum Gasteiger partial charge on any atom is -0.494 e. The maximum Gasteiger partial charge on any atom is 0.145 e. The molecule has 0 spiro atoms. The van der Waals surface area contributed by atoms with Crippen LogP contribution in [0.4, 0.5) is 0 Å². The van der Waals surface area contributed by atoms with E-state index in [9.17, 15) is 0 Å². The molecule has 0 saturated heterocycles.